The molecule has 0 bridgehead atoms. The minimum absolute atomic E-state index is 0.201. The van der Waals surface area contributed by atoms with E-state index in [-0.39, 0.29) is 5.41 Å². The van der Waals surface area contributed by atoms with E-state index in [0.29, 0.717) is 0 Å². The Morgan fingerprint density at radius 1 is 1.38 bits per heavy atom. The van der Waals surface area contributed by atoms with E-state index in [2.05, 4.69) is 32.0 Å². The normalized spacial score (nSPS) is 18.2. The molecule has 0 aromatic heterocycles. The molecule has 0 radical (unpaired) electrons. The minimum atomic E-state index is 0.201. The predicted octanol–water partition coefficient (Wildman–Crippen LogP) is 2.17. The van der Waals surface area contributed by atoms with Gasteiger partial charge in [0.1, 0.15) is 0 Å². The summed E-state index contributed by atoms with van der Waals surface area (Å²) in [6.07, 6.45) is 2.12. The second-order valence-electron chi connectivity index (χ2n) is 4.81. The largest absolute Gasteiger partial charge is 0.379 e. The fourth-order valence-corrected chi connectivity index (χ4v) is 2.46. The maximum absolute atomic E-state index is 5.71. The molecule has 0 amide bonds. The molecule has 16 heavy (non-hydrogen) atoms. The highest BCUT2D eigenvalue weighted by atomic mass is 16.5. The first-order chi connectivity index (χ1) is 7.72. The SMILES string of the molecule is CCc1cc(C2(CCN)COC2)ccc1C. The highest BCUT2D eigenvalue weighted by Gasteiger charge is 2.39. The Morgan fingerprint density at radius 3 is 2.62 bits per heavy atom. The molecule has 0 spiro atoms. The fourth-order valence-electron chi connectivity index (χ4n) is 2.46. The molecule has 2 nitrogen and oxygen atoms in total. The molecule has 1 aliphatic rings. The van der Waals surface area contributed by atoms with E-state index < -0.39 is 0 Å². The van der Waals surface area contributed by atoms with Crippen LogP contribution in [0.5, 0.6) is 0 Å². The van der Waals surface area contributed by atoms with E-state index in [1.165, 1.54) is 16.7 Å². The van der Waals surface area contributed by atoms with Gasteiger partial charge in [0, 0.05) is 5.41 Å². The monoisotopic (exact) mass is 219 g/mol. The van der Waals surface area contributed by atoms with Gasteiger partial charge < -0.3 is 10.5 Å². The van der Waals surface area contributed by atoms with Gasteiger partial charge in [0.2, 0.25) is 0 Å². The third-order valence-electron chi connectivity index (χ3n) is 3.72. The van der Waals surface area contributed by atoms with Gasteiger partial charge in [0.25, 0.3) is 0 Å². The third-order valence-corrected chi connectivity index (χ3v) is 3.72. The van der Waals surface area contributed by atoms with Crippen LogP contribution < -0.4 is 5.73 Å². The molecular formula is C14H21NO. The summed E-state index contributed by atoms with van der Waals surface area (Å²) < 4.78 is 5.39. The molecule has 1 fully saturated rings. The first-order valence-corrected chi connectivity index (χ1v) is 6.09. The van der Waals surface area contributed by atoms with Crippen molar-refractivity contribution in [3.8, 4) is 0 Å². The summed E-state index contributed by atoms with van der Waals surface area (Å²) in [5.41, 5.74) is 10.1. The molecule has 0 unspecified atom stereocenters. The number of aryl methyl sites for hydroxylation is 2. The predicted molar refractivity (Wildman–Crippen MR) is 66.7 cm³/mol. The summed E-state index contributed by atoms with van der Waals surface area (Å²) in [6.45, 7) is 6.78. The van der Waals surface area contributed by atoms with Gasteiger partial charge in [0.15, 0.2) is 0 Å². The van der Waals surface area contributed by atoms with Crippen LogP contribution in [0.25, 0.3) is 0 Å². The first kappa shape index (κ1) is 11.6. The van der Waals surface area contributed by atoms with Crippen molar-refractivity contribution >= 4 is 0 Å². The second-order valence-corrected chi connectivity index (χ2v) is 4.81. The summed E-state index contributed by atoms with van der Waals surface area (Å²) in [5.74, 6) is 0. The molecule has 1 heterocycles. The zero-order chi connectivity index (χ0) is 11.6. The molecule has 2 N–H and O–H groups in total. The number of hydrogen-bond donors (Lipinski definition) is 1. The standard InChI is InChI=1S/C14H21NO/c1-3-12-8-13(5-4-11(12)2)14(6-7-15)9-16-10-14/h4-5,8H,3,6-7,9-10,15H2,1-2H3. The van der Waals surface area contributed by atoms with Crippen molar-refractivity contribution in [1.82, 2.24) is 0 Å². The van der Waals surface area contributed by atoms with Gasteiger partial charge in [-0.25, -0.2) is 0 Å². The Labute approximate surface area is 97.8 Å². The van der Waals surface area contributed by atoms with E-state index in [4.69, 9.17) is 10.5 Å². The molecule has 0 aliphatic carbocycles. The van der Waals surface area contributed by atoms with Crippen LogP contribution in [-0.2, 0) is 16.6 Å². The Kier molecular flexibility index (Phi) is 3.31. The Bertz CT molecular complexity index is 369. The van der Waals surface area contributed by atoms with Gasteiger partial charge in [-0.15, -0.1) is 0 Å². The van der Waals surface area contributed by atoms with Crippen LogP contribution in [-0.4, -0.2) is 19.8 Å². The molecule has 0 saturated carbocycles. The number of benzene rings is 1. The van der Waals surface area contributed by atoms with E-state index in [1.54, 1.807) is 0 Å². The van der Waals surface area contributed by atoms with E-state index in [1.807, 2.05) is 0 Å². The maximum Gasteiger partial charge on any atom is 0.0586 e. The lowest BCUT2D eigenvalue weighted by molar-refractivity contribution is -0.0631. The van der Waals surface area contributed by atoms with Crippen molar-refractivity contribution in [2.45, 2.75) is 32.1 Å². The van der Waals surface area contributed by atoms with Crippen molar-refractivity contribution < 1.29 is 4.74 Å². The summed E-state index contributed by atoms with van der Waals surface area (Å²) in [6, 6.07) is 6.81. The summed E-state index contributed by atoms with van der Waals surface area (Å²) >= 11 is 0. The molecule has 88 valence electrons. The Morgan fingerprint density at radius 2 is 2.12 bits per heavy atom. The van der Waals surface area contributed by atoms with Crippen molar-refractivity contribution in [3.63, 3.8) is 0 Å². The van der Waals surface area contributed by atoms with E-state index in [9.17, 15) is 0 Å². The zero-order valence-corrected chi connectivity index (χ0v) is 10.3. The lowest BCUT2D eigenvalue weighted by atomic mass is 9.75. The molecule has 1 saturated heterocycles. The maximum atomic E-state index is 5.71. The smallest absolute Gasteiger partial charge is 0.0586 e. The number of hydrogen-bond acceptors (Lipinski definition) is 2. The minimum Gasteiger partial charge on any atom is -0.379 e. The van der Waals surface area contributed by atoms with Crippen molar-refractivity contribution in [2.24, 2.45) is 5.73 Å². The molecule has 2 heteroatoms. The van der Waals surface area contributed by atoms with Crippen LogP contribution in [0.1, 0.15) is 30.0 Å². The van der Waals surface area contributed by atoms with Crippen molar-refractivity contribution in [2.75, 3.05) is 19.8 Å². The van der Waals surface area contributed by atoms with Gasteiger partial charge >= 0.3 is 0 Å². The van der Waals surface area contributed by atoms with Crippen LogP contribution in [0.2, 0.25) is 0 Å². The van der Waals surface area contributed by atoms with Crippen LogP contribution in [0.4, 0.5) is 0 Å². The molecule has 2 rings (SSSR count). The lowest BCUT2D eigenvalue weighted by Gasteiger charge is -2.42. The molecular weight excluding hydrogens is 198 g/mol. The van der Waals surface area contributed by atoms with Crippen LogP contribution in [0.15, 0.2) is 18.2 Å². The molecule has 1 aromatic rings. The van der Waals surface area contributed by atoms with E-state index >= 15 is 0 Å². The Hall–Kier alpha value is -0.860. The zero-order valence-electron chi connectivity index (χ0n) is 10.3. The number of rotatable bonds is 4. The topological polar surface area (TPSA) is 35.2 Å². The Balaban J connectivity index is 2.31. The van der Waals surface area contributed by atoms with Gasteiger partial charge in [0.05, 0.1) is 13.2 Å². The second kappa shape index (κ2) is 4.56. The molecule has 0 atom stereocenters. The average Bonchev–Trinajstić information content (AvgIpc) is 2.24. The number of ether oxygens (including phenoxy) is 1. The molecule has 1 aliphatic heterocycles. The van der Waals surface area contributed by atoms with Gasteiger partial charge in [-0.1, -0.05) is 25.1 Å². The fraction of sp³-hybridized carbons (Fsp3) is 0.571. The summed E-state index contributed by atoms with van der Waals surface area (Å²) in [4.78, 5) is 0. The highest BCUT2D eigenvalue weighted by Crippen LogP contribution is 2.36. The van der Waals surface area contributed by atoms with Crippen molar-refractivity contribution in [3.05, 3.63) is 34.9 Å². The average molecular weight is 219 g/mol. The van der Waals surface area contributed by atoms with E-state index in [0.717, 1.165) is 32.6 Å². The molecule has 1 aromatic carbocycles. The lowest BCUT2D eigenvalue weighted by Crippen LogP contribution is -2.48. The van der Waals surface area contributed by atoms with Crippen LogP contribution >= 0.6 is 0 Å². The third kappa shape index (κ3) is 1.87. The first-order valence-electron chi connectivity index (χ1n) is 6.09. The quantitative estimate of drug-likeness (QED) is 0.842. The van der Waals surface area contributed by atoms with Gasteiger partial charge in [-0.05, 0) is 43.0 Å². The van der Waals surface area contributed by atoms with Crippen LogP contribution in [0.3, 0.4) is 0 Å². The van der Waals surface area contributed by atoms with Gasteiger partial charge in [-0.2, -0.15) is 0 Å². The van der Waals surface area contributed by atoms with Crippen LogP contribution in [0, 0.1) is 6.92 Å². The summed E-state index contributed by atoms with van der Waals surface area (Å²) in [7, 11) is 0. The summed E-state index contributed by atoms with van der Waals surface area (Å²) in [5, 5.41) is 0. The van der Waals surface area contributed by atoms with Crippen molar-refractivity contribution in [1.29, 1.82) is 0 Å². The number of nitrogens with two attached hydrogens (primary N) is 1. The van der Waals surface area contributed by atoms with Gasteiger partial charge in [-0.3, -0.25) is 0 Å². The highest BCUT2D eigenvalue weighted by molar-refractivity contribution is 5.37.